The number of nitrogens with two attached hydrogens (primary N) is 1. The Kier molecular flexibility index (Phi) is 4.26. The third kappa shape index (κ3) is 2.78. The molecule has 0 heterocycles. The van der Waals surface area contributed by atoms with Crippen LogP contribution in [0.4, 0.5) is 0 Å². The number of nitrogens with one attached hydrogen (secondary N) is 1. The Balaban J connectivity index is 1.64. The average Bonchev–Trinajstić information content (AvgIpc) is 2.85. The van der Waals surface area contributed by atoms with E-state index in [0.29, 0.717) is 11.8 Å². The smallest absolute Gasteiger partial charge is 0.000589 e. The molecule has 0 aromatic carbocycles. The Labute approximate surface area is 100 Å². The fraction of sp³-hybridized carbons (Fsp3) is 1.00. The van der Waals surface area contributed by atoms with Gasteiger partial charge in [-0.25, -0.2) is 0 Å². The van der Waals surface area contributed by atoms with Crippen LogP contribution in [0.2, 0.25) is 0 Å². The Bertz CT molecular complexity index is 215. The first kappa shape index (κ1) is 12.4. The number of hydrogen-bond acceptors (Lipinski definition) is 2. The van der Waals surface area contributed by atoms with Crippen molar-refractivity contribution < 1.29 is 0 Å². The first-order valence-electron chi connectivity index (χ1n) is 7.11. The summed E-state index contributed by atoms with van der Waals surface area (Å²) in [5.41, 5.74) is 5.79. The molecule has 0 amide bonds. The molecule has 0 aliphatic heterocycles. The van der Waals surface area contributed by atoms with E-state index in [9.17, 15) is 0 Å². The maximum atomic E-state index is 5.79. The van der Waals surface area contributed by atoms with E-state index < -0.39 is 0 Å². The van der Waals surface area contributed by atoms with Crippen molar-refractivity contribution in [3.8, 4) is 0 Å². The highest BCUT2D eigenvalue weighted by molar-refractivity contribution is 4.90. The largest absolute Gasteiger partial charge is 0.330 e. The Hall–Kier alpha value is -0.0800. The van der Waals surface area contributed by atoms with E-state index in [1.807, 2.05) is 0 Å². The monoisotopic (exact) mass is 224 g/mol. The van der Waals surface area contributed by atoms with E-state index >= 15 is 0 Å². The molecular formula is C14H28N2. The molecule has 2 bridgehead atoms. The lowest BCUT2D eigenvalue weighted by atomic mass is 9.88. The minimum atomic E-state index is 0.651. The minimum Gasteiger partial charge on any atom is -0.330 e. The van der Waals surface area contributed by atoms with Gasteiger partial charge in [-0.2, -0.15) is 0 Å². The molecule has 16 heavy (non-hydrogen) atoms. The van der Waals surface area contributed by atoms with Crippen LogP contribution >= 0.6 is 0 Å². The van der Waals surface area contributed by atoms with Gasteiger partial charge >= 0.3 is 0 Å². The van der Waals surface area contributed by atoms with Crippen LogP contribution in [0.1, 0.15) is 39.5 Å². The van der Waals surface area contributed by atoms with Crippen LogP contribution in [0, 0.1) is 29.6 Å². The third-order valence-corrected chi connectivity index (χ3v) is 4.94. The molecule has 2 nitrogen and oxygen atoms in total. The summed E-state index contributed by atoms with van der Waals surface area (Å²) in [4.78, 5) is 0. The maximum Gasteiger partial charge on any atom is -0.000589 e. The van der Waals surface area contributed by atoms with Crippen molar-refractivity contribution in [1.82, 2.24) is 5.32 Å². The molecule has 0 radical (unpaired) electrons. The van der Waals surface area contributed by atoms with E-state index in [4.69, 9.17) is 5.73 Å². The second kappa shape index (κ2) is 5.50. The number of rotatable bonds is 6. The molecule has 2 aliphatic carbocycles. The van der Waals surface area contributed by atoms with Crippen molar-refractivity contribution in [2.75, 3.05) is 19.6 Å². The zero-order valence-electron chi connectivity index (χ0n) is 10.9. The highest BCUT2D eigenvalue weighted by Crippen LogP contribution is 2.47. The molecule has 2 rings (SSSR count). The van der Waals surface area contributed by atoms with E-state index in [2.05, 4.69) is 19.2 Å². The van der Waals surface area contributed by atoms with E-state index in [-0.39, 0.29) is 0 Å². The molecule has 0 aromatic rings. The van der Waals surface area contributed by atoms with Crippen molar-refractivity contribution in [2.24, 2.45) is 35.3 Å². The van der Waals surface area contributed by atoms with Crippen molar-refractivity contribution >= 4 is 0 Å². The molecule has 4 unspecified atom stereocenters. The van der Waals surface area contributed by atoms with Gasteiger partial charge in [0.15, 0.2) is 0 Å². The van der Waals surface area contributed by atoms with Crippen LogP contribution in [-0.4, -0.2) is 19.6 Å². The summed E-state index contributed by atoms with van der Waals surface area (Å²) in [5.74, 6) is 4.46. The molecule has 94 valence electrons. The SMILES string of the molecule is CC(C)C(CN)CNCC1CC2CCC1C2. The number of hydrogen-bond donors (Lipinski definition) is 2. The summed E-state index contributed by atoms with van der Waals surface area (Å²) in [6.07, 6.45) is 6.03. The molecule has 0 saturated heterocycles. The zero-order chi connectivity index (χ0) is 11.5. The molecule has 2 heteroatoms. The lowest BCUT2D eigenvalue weighted by molar-refractivity contribution is 0.298. The van der Waals surface area contributed by atoms with Gasteiger partial charge in [-0.3, -0.25) is 0 Å². The van der Waals surface area contributed by atoms with Gasteiger partial charge in [0, 0.05) is 0 Å². The van der Waals surface area contributed by atoms with Crippen LogP contribution < -0.4 is 11.1 Å². The topological polar surface area (TPSA) is 38.0 Å². The van der Waals surface area contributed by atoms with Crippen molar-refractivity contribution in [1.29, 1.82) is 0 Å². The van der Waals surface area contributed by atoms with Crippen molar-refractivity contribution in [3.63, 3.8) is 0 Å². The Morgan fingerprint density at radius 3 is 2.56 bits per heavy atom. The molecule has 2 saturated carbocycles. The van der Waals surface area contributed by atoms with Crippen molar-refractivity contribution in [2.45, 2.75) is 39.5 Å². The van der Waals surface area contributed by atoms with Gasteiger partial charge in [-0.05, 0) is 68.5 Å². The maximum absolute atomic E-state index is 5.79. The van der Waals surface area contributed by atoms with Gasteiger partial charge in [0.25, 0.3) is 0 Å². The van der Waals surface area contributed by atoms with Gasteiger partial charge in [-0.1, -0.05) is 20.3 Å². The molecule has 2 fully saturated rings. The first-order chi connectivity index (χ1) is 7.70. The fourth-order valence-electron chi connectivity index (χ4n) is 3.67. The van der Waals surface area contributed by atoms with Crippen molar-refractivity contribution in [3.05, 3.63) is 0 Å². The highest BCUT2D eigenvalue weighted by Gasteiger charge is 2.38. The second-order valence-electron chi connectivity index (χ2n) is 6.33. The van der Waals surface area contributed by atoms with Gasteiger partial charge in [0.1, 0.15) is 0 Å². The van der Waals surface area contributed by atoms with Gasteiger partial charge in [0.2, 0.25) is 0 Å². The molecule has 0 aromatic heterocycles. The van der Waals surface area contributed by atoms with Gasteiger partial charge in [0.05, 0.1) is 0 Å². The molecule has 3 N–H and O–H groups in total. The first-order valence-corrected chi connectivity index (χ1v) is 7.11. The minimum absolute atomic E-state index is 0.651. The van der Waals surface area contributed by atoms with Gasteiger partial charge < -0.3 is 11.1 Å². The van der Waals surface area contributed by atoms with E-state index in [1.54, 1.807) is 0 Å². The predicted molar refractivity (Wildman–Crippen MR) is 69.2 cm³/mol. The third-order valence-electron chi connectivity index (χ3n) is 4.94. The predicted octanol–water partition coefficient (Wildman–Crippen LogP) is 2.24. The fourth-order valence-corrected chi connectivity index (χ4v) is 3.67. The van der Waals surface area contributed by atoms with E-state index in [0.717, 1.165) is 30.8 Å². The summed E-state index contributed by atoms with van der Waals surface area (Å²) < 4.78 is 0. The summed E-state index contributed by atoms with van der Waals surface area (Å²) in [6.45, 7) is 7.72. The van der Waals surface area contributed by atoms with E-state index in [1.165, 1.54) is 32.2 Å². The average molecular weight is 224 g/mol. The zero-order valence-corrected chi connectivity index (χ0v) is 10.9. The summed E-state index contributed by atoms with van der Waals surface area (Å²) in [5, 5.41) is 3.66. The lowest BCUT2D eigenvalue weighted by Gasteiger charge is -2.24. The summed E-state index contributed by atoms with van der Waals surface area (Å²) in [7, 11) is 0. The highest BCUT2D eigenvalue weighted by atomic mass is 14.9. The standard InChI is InChI=1S/C14H28N2/c1-10(2)14(7-15)9-16-8-13-6-11-3-4-12(13)5-11/h10-14,16H,3-9,15H2,1-2H3. The quantitative estimate of drug-likeness (QED) is 0.726. The Morgan fingerprint density at radius 2 is 2.06 bits per heavy atom. The summed E-state index contributed by atoms with van der Waals surface area (Å²) >= 11 is 0. The molecule has 4 atom stereocenters. The molecule has 0 spiro atoms. The normalized spacial score (nSPS) is 34.9. The lowest BCUT2D eigenvalue weighted by Crippen LogP contribution is -2.35. The molecule has 2 aliphatic rings. The number of fused-ring (bicyclic) bond motifs is 2. The van der Waals surface area contributed by atoms with Crippen LogP contribution in [0.3, 0.4) is 0 Å². The van der Waals surface area contributed by atoms with Gasteiger partial charge in [-0.15, -0.1) is 0 Å². The van der Waals surface area contributed by atoms with Crippen LogP contribution in [0.15, 0.2) is 0 Å². The second-order valence-corrected chi connectivity index (χ2v) is 6.33. The van der Waals surface area contributed by atoms with Crippen LogP contribution in [-0.2, 0) is 0 Å². The molecular weight excluding hydrogens is 196 g/mol. The van der Waals surface area contributed by atoms with Crippen LogP contribution in [0.25, 0.3) is 0 Å². The summed E-state index contributed by atoms with van der Waals surface area (Å²) in [6, 6.07) is 0. The van der Waals surface area contributed by atoms with Crippen LogP contribution in [0.5, 0.6) is 0 Å². The Morgan fingerprint density at radius 1 is 1.25 bits per heavy atom.